The van der Waals surface area contributed by atoms with E-state index in [0.717, 1.165) is 11.2 Å². The van der Waals surface area contributed by atoms with Crippen LogP contribution in [0.5, 0.6) is 0 Å². The summed E-state index contributed by atoms with van der Waals surface area (Å²) in [5.74, 6) is 1.06. The third-order valence-corrected chi connectivity index (χ3v) is 5.60. The van der Waals surface area contributed by atoms with E-state index in [4.69, 9.17) is 0 Å². The van der Waals surface area contributed by atoms with Crippen LogP contribution >= 0.6 is 24.0 Å². The number of rotatable bonds is 3. The topological polar surface area (TPSA) is 86.3 Å². The van der Waals surface area contributed by atoms with Crippen LogP contribution in [-0.4, -0.2) is 44.0 Å². The van der Waals surface area contributed by atoms with Gasteiger partial charge in [0.15, 0.2) is 15.8 Å². The highest BCUT2D eigenvalue weighted by atomic mass is 127. The summed E-state index contributed by atoms with van der Waals surface area (Å²) < 4.78 is 23.0. The number of hydrogen-bond acceptors (Lipinski definition) is 3. The zero-order valence-electron chi connectivity index (χ0n) is 12.9. The van der Waals surface area contributed by atoms with Crippen molar-refractivity contribution in [2.24, 2.45) is 4.99 Å². The molecule has 0 bridgehead atoms. The first-order chi connectivity index (χ1) is 10.6. The van der Waals surface area contributed by atoms with Crippen molar-refractivity contribution in [3.05, 3.63) is 36.0 Å². The van der Waals surface area contributed by atoms with Gasteiger partial charge in [-0.25, -0.2) is 8.42 Å². The molecule has 1 aliphatic heterocycles. The number of nitrogens with zero attached hydrogens (tertiary/aromatic N) is 1. The molecule has 8 heteroatoms. The molecule has 0 spiro atoms. The molecule has 3 rings (SSSR count). The second kappa shape index (κ2) is 7.52. The van der Waals surface area contributed by atoms with E-state index in [9.17, 15) is 8.42 Å². The second-order valence-corrected chi connectivity index (χ2v) is 7.78. The molecule has 0 radical (unpaired) electrons. The lowest BCUT2D eigenvalue weighted by Crippen LogP contribution is -2.43. The van der Waals surface area contributed by atoms with Crippen molar-refractivity contribution in [2.45, 2.75) is 19.0 Å². The van der Waals surface area contributed by atoms with Crippen molar-refractivity contribution in [3.63, 3.8) is 0 Å². The molecule has 2 aromatic rings. The van der Waals surface area contributed by atoms with Crippen LogP contribution < -0.4 is 10.6 Å². The molecule has 6 nitrogen and oxygen atoms in total. The van der Waals surface area contributed by atoms with Crippen molar-refractivity contribution in [3.8, 4) is 0 Å². The number of aromatic amines is 1. The summed E-state index contributed by atoms with van der Waals surface area (Å²) in [7, 11) is -1.20. The number of para-hydroxylation sites is 1. The highest BCUT2D eigenvalue weighted by Gasteiger charge is 2.28. The molecule has 1 unspecified atom stereocenters. The molecule has 1 aromatic carbocycles. The van der Waals surface area contributed by atoms with Gasteiger partial charge in [-0.15, -0.1) is 24.0 Å². The fraction of sp³-hybridized carbons (Fsp3) is 0.400. The number of halogens is 1. The normalized spacial score (nSPS) is 20.2. The van der Waals surface area contributed by atoms with Crippen molar-refractivity contribution in [1.82, 2.24) is 15.6 Å². The fourth-order valence-corrected chi connectivity index (χ4v) is 4.38. The summed E-state index contributed by atoms with van der Waals surface area (Å²) in [6.07, 6.45) is 0.634. The number of sulfone groups is 1. The van der Waals surface area contributed by atoms with Crippen LogP contribution in [0, 0.1) is 0 Å². The molecule has 1 saturated heterocycles. The van der Waals surface area contributed by atoms with Crippen LogP contribution in [0.4, 0.5) is 0 Å². The number of guanidine groups is 1. The third-order valence-electron chi connectivity index (χ3n) is 3.83. The summed E-state index contributed by atoms with van der Waals surface area (Å²) in [5.41, 5.74) is 2.16. The van der Waals surface area contributed by atoms with Crippen LogP contribution in [0.15, 0.2) is 35.3 Å². The number of H-pyrrole nitrogens is 1. The van der Waals surface area contributed by atoms with Gasteiger partial charge in [0.2, 0.25) is 0 Å². The maximum Gasteiger partial charge on any atom is 0.191 e. The van der Waals surface area contributed by atoms with Crippen molar-refractivity contribution in [2.75, 3.05) is 18.6 Å². The highest BCUT2D eigenvalue weighted by Crippen LogP contribution is 2.14. The summed E-state index contributed by atoms with van der Waals surface area (Å²) in [5, 5.41) is 7.56. The fourth-order valence-electron chi connectivity index (χ4n) is 2.70. The molecular formula is C15H21IN4O2S. The van der Waals surface area contributed by atoms with Crippen LogP contribution in [-0.2, 0) is 16.4 Å². The van der Waals surface area contributed by atoms with E-state index in [-0.39, 0.29) is 41.5 Å². The van der Waals surface area contributed by atoms with Crippen LogP contribution in [0.1, 0.15) is 12.1 Å². The predicted molar refractivity (Wildman–Crippen MR) is 104 cm³/mol. The number of nitrogens with one attached hydrogen (secondary N) is 3. The first-order valence-electron chi connectivity index (χ1n) is 7.30. The van der Waals surface area contributed by atoms with Gasteiger partial charge < -0.3 is 15.6 Å². The largest absolute Gasteiger partial charge is 0.357 e. The number of hydrogen-bond donors (Lipinski definition) is 3. The Balaban J connectivity index is 0.00000192. The van der Waals surface area contributed by atoms with Crippen LogP contribution in [0.3, 0.4) is 0 Å². The van der Waals surface area contributed by atoms with Gasteiger partial charge in [-0.2, -0.15) is 0 Å². The zero-order valence-corrected chi connectivity index (χ0v) is 16.0. The van der Waals surface area contributed by atoms with E-state index in [1.165, 1.54) is 5.39 Å². The molecule has 3 N–H and O–H groups in total. The van der Waals surface area contributed by atoms with E-state index in [1.807, 2.05) is 18.2 Å². The molecule has 1 aromatic heterocycles. The summed E-state index contributed by atoms with van der Waals surface area (Å²) >= 11 is 0. The lowest BCUT2D eigenvalue weighted by Gasteiger charge is -2.15. The Bertz CT molecular complexity index is 768. The average Bonchev–Trinajstić information content (AvgIpc) is 3.05. The smallest absolute Gasteiger partial charge is 0.191 e. The first kappa shape index (κ1) is 18.1. The SMILES string of the molecule is CN=C(NCc1cc2ccccc2[nH]1)NC1CCS(=O)(=O)C1.I. The van der Waals surface area contributed by atoms with E-state index < -0.39 is 9.84 Å². The standard InChI is InChI=1S/C15H20N4O2S.HI/c1-16-15(19-12-6-7-22(20,21)10-12)17-9-13-8-11-4-2-3-5-14(11)18-13;/h2-5,8,12,18H,6-7,9-10H2,1H3,(H2,16,17,19);1H. The molecule has 0 saturated carbocycles. The van der Waals surface area contributed by atoms with E-state index in [0.29, 0.717) is 18.9 Å². The maximum atomic E-state index is 11.5. The summed E-state index contributed by atoms with van der Waals surface area (Å²) in [4.78, 5) is 7.49. The van der Waals surface area contributed by atoms with Gasteiger partial charge in [0.1, 0.15) is 0 Å². The van der Waals surface area contributed by atoms with E-state index in [1.54, 1.807) is 7.05 Å². The summed E-state index contributed by atoms with van der Waals surface area (Å²) in [6, 6.07) is 10.1. The Hall–Kier alpha value is -1.29. The Morgan fingerprint density at radius 2 is 2.17 bits per heavy atom. The Morgan fingerprint density at radius 3 is 2.83 bits per heavy atom. The highest BCUT2D eigenvalue weighted by molar-refractivity contribution is 14.0. The van der Waals surface area contributed by atoms with Crippen molar-refractivity contribution < 1.29 is 8.42 Å². The number of fused-ring (bicyclic) bond motifs is 1. The van der Waals surface area contributed by atoms with E-state index in [2.05, 4.69) is 32.7 Å². The lowest BCUT2D eigenvalue weighted by molar-refractivity contribution is 0.599. The second-order valence-electron chi connectivity index (χ2n) is 5.55. The minimum atomic E-state index is -2.89. The number of aliphatic imine (C=N–C) groups is 1. The molecule has 1 fully saturated rings. The molecule has 23 heavy (non-hydrogen) atoms. The van der Waals surface area contributed by atoms with Gasteiger partial charge >= 0.3 is 0 Å². The quantitative estimate of drug-likeness (QED) is 0.379. The Labute approximate surface area is 153 Å². The van der Waals surface area contributed by atoms with Gasteiger partial charge in [-0.05, 0) is 23.9 Å². The van der Waals surface area contributed by atoms with Gasteiger partial charge in [0.05, 0.1) is 18.1 Å². The van der Waals surface area contributed by atoms with Crippen LogP contribution in [0.25, 0.3) is 10.9 Å². The molecule has 126 valence electrons. The molecule has 1 aliphatic rings. The lowest BCUT2D eigenvalue weighted by atomic mass is 10.2. The van der Waals surface area contributed by atoms with E-state index >= 15 is 0 Å². The van der Waals surface area contributed by atoms with Crippen molar-refractivity contribution in [1.29, 1.82) is 0 Å². The minimum Gasteiger partial charge on any atom is -0.357 e. The predicted octanol–water partition coefficient (Wildman–Crippen LogP) is 1.64. The van der Waals surface area contributed by atoms with Gasteiger partial charge in [-0.3, -0.25) is 4.99 Å². The number of benzene rings is 1. The van der Waals surface area contributed by atoms with Crippen LogP contribution in [0.2, 0.25) is 0 Å². The molecule has 1 atom stereocenters. The van der Waals surface area contributed by atoms with Gasteiger partial charge in [0, 0.05) is 24.3 Å². The molecule has 0 aliphatic carbocycles. The van der Waals surface area contributed by atoms with Gasteiger partial charge in [-0.1, -0.05) is 18.2 Å². The van der Waals surface area contributed by atoms with Crippen molar-refractivity contribution >= 4 is 50.7 Å². The average molecular weight is 448 g/mol. The first-order valence-corrected chi connectivity index (χ1v) is 9.12. The molecule has 2 heterocycles. The Kier molecular flexibility index (Phi) is 5.90. The molecular weight excluding hydrogens is 427 g/mol. The maximum absolute atomic E-state index is 11.5. The summed E-state index contributed by atoms with van der Waals surface area (Å²) in [6.45, 7) is 0.605. The monoisotopic (exact) mass is 448 g/mol. The number of aromatic nitrogens is 1. The molecule has 0 amide bonds. The zero-order chi connectivity index (χ0) is 15.6. The van der Waals surface area contributed by atoms with Gasteiger partial charge in [0.25, 0.3) is 0 Å². The minimum absolute atomic E-state index is 0. The Morgan fingerprint density at radius 1 is 1.39 bits per heavy atom. The third kappa shape index (κ3) is 4.60.